The Morgan fingerprint density at radius 1 is 1.12 bits per heavy atom. The molecule has 1 amide bonds. The Kier molecular flexibility index (Phi) is 5.48. The Morgan fingerprint density at radius 3 is 2.42 bits per heavy atom. The molecular formula is C19H34N4O. The van der Waals surface area contributed by atoms with Gasteiger partial charge in [-0.25, -0.2) is 4.99 Å². The van der Waals surface area contributed by atoms with Gasteiger partial charge in [0.15, 0.2) is 5.96 Å². The molecule has 5 heteroatoms. The van der Waals surface area contributed by atoms with Crippen molar-refractivity contribution in [2.75, 3.05) is 14.1 Å². The van der Waals surface area contributed by atoms with E-state index < -0.39 is 5.54 Å². The molecule has 2 unspecified atom stereocenters. The second kappa shape index (κ2) is 7.42. The van der Waals surface area contributed by atoms with Crippen LogP contribution in [0.25, 0.3) is 0 Å². The Labute approximate surface area is 146 Å². The third-order valence-electron chi connectivity index (χ3n) is 6.54. The van der Waals surface area contributed by atoms with E-state index in [4.69, 9.17) is 10.7 Å². The summed E-state index contributed by atoms with van der Waals surface area (Å²) in [7, 11) is 3.83. The molecule has 3 atom stereocenters. The van der Waals surface area contributed by atoms with Crippen molar-refractivity contribution in [3.05, 3.63) is 0 Å². The lowest BCUT2D eigenvalue weighted by molar-refractivity contribution is -0.131. The Morgan fingerprint density at radius 2 is 1.79 bits per heavy atom. The normalized spacial score (nSPS) is 35.3. The van der Waals surface area contributed by atoms with Gasteiger partial charge in [0.1, 0.15) is 5.54 Å². The second-order valence-corrected chi connectivity index (χ2v) is 8.30. The second-order valence-electron chi connectivity index (χ2n) is 8.30. The highest BCUT2D eigenvalue weighted by Crippen LogP contribution is 2.41. The molecule has 1 aliphatic heterocycles. The number of carbonyl (C=O) groups is 1. The highest BCUT2D eigenvalue weighted by Gasteiger charge is 2.49. The van der Waals surface area contributed by atoms with Gasteiger partial charge in [-0.3, -0.25) is 9.69 Å². The molecule has 3 rings (SSSR count). The van der Waals surface area contributed by atoms with Crippen LogP contribution in [0.5, 0.6) is 0 Å². The Hall–Kier alpha value is -1.10. The van der Waals surface area contributed by atoms with Crippen molar-refractivity contribution in [1.29, 1.82) is 0 Å². The molecule has 3 aliphatic rings. The third-order valence-corrected chi connectivity index (χ3v) is 6.54. The van der Waals surface area contributed by atoms with Crippen LogP contribution in [0.15, 0.2) is 4.99 Å². The molecule has 2 aliphatic carbocycles. The Balaban J connectivity index is 1.76. The molecule has 0 bridgehead atoms. The fraction of sp³-hybridized carbons (Fsp3) is 0.895. The molecule has 24 heavy (non-hydrogen) atoms. The smallest absolute Gasteiger partial charge is 0.257 e. The lowest BCUT2D eigenvalue weighted by atomic mass is 9.72. The topological polar surface area (TPSA) is 70.7 Å². The molecule has 2 fully saturated rings. The van der Waals surface area contributed by atoms with Crippen LogP contribution in [0.2, 0.25) is 0 Å². The van der Waals surface area contributed by atoms with Crippen LogP contribution in [-0.4, -0.2) is 42.4 Å². The standard InChI is InChI=1S/C19H34N4O/c1-21-16-10-6-9-15(11-16)13-19(12-14-7-4-3-5-8-14)17(24)23(2)18(20)22-19/h14-16,21H,3-13H2,1-2H3,(H2,20,22)/t15?,16?,19-/m1/s1. The maximum absolute atomic E-state index is 13.1. The fourth-order valence-corrected chi connectivity index (χ4v) is 5.19. The molecule has 136 valence electrons. The van der Waals surface area contributed by atoms with Crippen molar-refractivity contribution in [2.45, 2.75) is 82.2 Å². The highest BCUT2D eigenvalue weighted by atomic mass is 16.2. The molecule has 1 heterocycles. The molecule has 0 aromatic carbocycles. The van der Waals surface area contributed by atoms with Crippen LogP contribution < -0.4 is 11.1 Å². The van der Waals surface area contributed by atoms with Gasteiger partial charge in [-0.15, -0.1) is 0 Å². The van der Waals surface area contributed by atoms with E-state index in [9.17, 15) is 4.79 Å². The van der Waals surface area contributed by atoms with E-state index >= 15 is 0 Å². The monoisotopic (exact) mass is 334 g/mol. The van der Waals surface area contributed by atoms with Crippen molar-refractivity contribution in [3.8, 4) is 0 Å². The van der Waals surface area contributed by atoms with E-state index in [1.165, 1.54) is 51.4 Å². The summed E-state index contributed by atoms with van der Waals surface area (Å²) in [6.07, 6.45) is 13.1. The average Bonchev–Trinajstić information content (AvgIpc) is 2.80. The zero-order chi connectivity index (χ0) is 17.2. The first-order chi connectivity index (χ1) is 11.5. The van der Waals surface area contributed by atoms with E-state index in [1.54, 1.807) is 11.9 Å². The van der Waals surface area contributed by atoms with Gasteiger partial charge < -0.3 is 11.1 Å². The molecule has 2 saturated carbocycles. The molecule has 0 spiro atoms. The van der Waals surface area contributed by atoms with Gasteiger partial charge in [0.05, 0.1) is 0 Å². The minimum Gasteiger partial charge on any atom is -0.369 e. The van der Waals surface area contributed by atoms with Crippen molar-refractivity contribution in [1.82, 2.24) is 10.2 Å². The van der Waals surface area contributed by atoms with Gasteiger partial charge in [0, 0.05) is 13.1 Å². The number of hydrogen-bond acceptors (Lipinski definition) is 4. The summed E-state index contributed by atoms with van der Waals surface area (Å²) < 4.78 is 0. The SMILES string of the molecule is CNC1CCCC(C[C@@]2(CC3CCCCC3)N=C(N)N(C)C2=O)C1. The summed E-state index contributed by atoms with van der Waals surface area (Å²) in [6, 6.07) is 0.589. The number of guanidine groups is 1. The van der Waals surface area contributed by atoms with E-state index in [-0.39, 0.29) is 5.91 Å². The van der Waals surface area contributed by atoms with E-state index in [2.05, 4.69) is 12.4 Å². The zero-order valence-electron chi connectivity index (χ0n) is 15.4. The summed E-state index contributed by atoms with van der Waals surface area (Å²) in [5.74, 6) is 1.76. The largest absolute Gasteiger partial charge is 0.369 e. The lowest BCUT2D eigenvalue weighted by Crippen LogP contribution is -2.45. The number of carbonyl (C=O) groups excluding carboxylic acids is 1. The number of rotatable bonds is 5. The zero-order valence-corrected chi connectivity index (χ0v) is 15.4. The lowest BCUT2D eigenvalue weighted by Gasteiger charge is -2.36. The maximum Gasteiger partial charge on any atom is 0.257 e. The van der Waals surface area contributed by atoms with Crippen molar-refractivity contribution >= 4 is 11.9 Å². The molecular weight excluding hydrogens is 300 g/mol. The minimum atomic E-state index is -0.582. The first-order valence-corrected chi connectivity index (χ1v) is 9.85. The van der Waals surface area contributed by atoms with Gasteiger partial charge in [-0.05, 0) is 44.6 Å². The number of hydrogen-bond donors (Lipinski definition) is 2. The summed E-state index contributed by atoms with van der Waals surface area (Å²) >= 11 is 0. The Bertz CT molecular complexity index is 486. The molecule has 3 N–H and O–H groups in total. The summed E-state index contributed by atoms with van der Waals surface area (Å²) in [6.45, 7) is 0. The quantitative estimate of drug-likeness (QED) is 0.812. The van der Waals surface area contributed by atoms with E-state index in [0.29, 0.717) is 23.8 Å². The molecule has 0 aromatic rings. The summed E-state index contributed by atoms with van der Waals surface area (Å²) in [4.78, 5) is 19.4. The van der Waals surface area contributed by atoms with Gasteiger partial charge in [0.2, 0.25) is 0 Å². The summed E-state index contributed by atoms with van der Waals surface area (Å²) in [5.41, 5.74) is 5.47. The fourth-order valence-electron chi connectivity index (χ4n) is 5.19. The molecule has 0 radical (unpaired) electrons. The van der Waals surface area contributed by atoms with Crippen LogP contribution in [0, 0.1) is 11.8 Å². The third kappa shape index (κ3) is 3.61. The highest BCUT2D eigenvalue weighted by molar-refractivity contribution is 6.06. The maximum atomic E-state index is 13.1. The number of amides is 1. The van der Waals surface area contributed by atoms with Crippen molar-refractivity contribution < 1.29 is 4.79 Å². The van der Waals surface area contributed by atoms with Crippen LogP contribution in [0.3, 0.4) is 0 Å². The van der Waals surface area contributed by atoms with Crippen LogP contribution in [0.1, 0.15) is 70.6 Å². The number of likely N-dealkylation sites (N-methyl/N-ethyl adjacent to an activating group) is 1. The van der Waals surface area contributed by atoms with Gasteiger partial charge in [-0.1, -0.05) is 44.9 Å². The van der Waals surface area contributed by atoms with Crippen molar-refractivity contribution in [2.24, 2.45) is 22.6 Å². The van der Waals surface area contributed by atoms with Gasteiger partial charge in [-0.2, -0.15) is 0 Å². The van der Waals surface area contributed by atoms with Gasteiger partial charge >= 0.3 is 0 Å². The number of nitrogens with zero attached hydrogens (tertiary/aromatic N) is 2. The first-order valence-electron chi connectivity index (χ1n) is 9.85. The van der Waals surface area contributed by atoms with Gasteiger partial charge in [0.25, 0.3) is 5.91 Å². The number of nitrogens with two attached hydrogens (primary N) is 1. The predicted molar refractivity (Wildman–Crippen MR) is 97.7 cm³/mol. The molecule has 0 aromatic heterocycles. The van der Waals surface area contributed by atoms with Crippen LogP contribution in [0.4, 0.5) is 0 Å². The average molecular weight is 335 g/mol. The number of aliphatic imine (C=N–C) groups is 1. The van der Waals surface area contributed by atoms with Crippen molar-refractivity contribution in [3.63, 3.8) is 0 Å². The summed E-state index contributed by atoms with van der Waals surface area (Å²) in [5, 5.41) is 3.43. The number of nitrogens with one attached hydrogen (secondary N) is 1. The van der Waals surface area contributed by atoms with E-state index in [0.717, 1.165) is 19.3 Å². The van der Waals surface area contributed by atoms with E-state index in [1.807, 2.05) is 0 Å². The predicted octanol–water partition coefficient (Wildman–Crippen LogP) is 2.65. The minimum absolute atomic E-state index is 0.136. The first kappa shape index (κ1) is 17.7. The van der Waals surface area contributed by atoms with Crippen LogP contribution in [-0.2, 0) is 4.79 Å². The van der Waals surface area contributed by atoms with Crippen LogP contribution >= 0.6 is 0 Å². The molecule has 0 saturated heterocycles. The molecule has 5 nitrogen and oxygen atoms in total.